The molecule has 1 aromatic heterocycles. The predicted octanol–water partition coefficient (Wildman–Crippen LogP) is 4.90. The van der Waals surface area contributed by atoms with E-state index in [4.69, 9.17) is 20.8 Å². The molecule has 0 saturated carbocycles. The van der Waals surface area contributed by atoms with Crippen LogP contribution in [0.15, 0.2) is 99.3 Å². The van der Waals surface area contributed by atoms with Crippen LogP contribution in [0.1, 0.15) is 39.9 Å². The van der Waals surface area contributed by atoms with Gasteiger partial charge in [-0.1, -0.05) is 41.4 Å². The average molecular weight is 637 g/mol. The Morgan fingerprint density at radius 3 is 2.25 bits per heavy atom. The topological polar surface area (TPSA) is 147 Å². The number of esters is 1. The van der Waals surface area contributed by atoms with Crippen LogP contribution in [0.5, 0.6) is 0 Å². The maximum atomic E-state index is 13.6. The number of benzene rings is 3. The van der Waals surface area contributed by atoms with Gasteiger partial charge in [-0.2, -0.15) is 9.41 Å². The zero-order valence-corrected chi connectivity index (χ0v) is 25.4. The van der Waals surface area contributed by atoms with E-state index in [1.54, 1.807) is 67.6 Å². The number of hydrazone groups is 1. The highest BCUT2D eigenvalue weighted by atomic mass is 35.5. The van der Waals surface area contributed by atoms with Crippen molar-refractivity contribution in [1.29, 1.82) is 0 Å². The molecule has 0 saturated heterocycles. The van der Waals surface area contributed by atoms with Crippen molar-refractivity contribution in [1.82, 2.24) is 9.73 Å². The smallest absolute Gasteiger partial charge is 0.338 e. The van der Waals surface area contributed by atoms with Crippen molar-refractivity contribution in [3.8, 4) is 0 Å². The Morgan fingerprint density at radius 1 is 0.909 bits per heavy atom. The first-order valence-corrected chi connectivity index (χ1v) is 15.2. The fourth-order valence-electron chi connectivity index (χ4n) is 3.90. The summed E-state index contributed by atoms with van der Waals surface area (Å²) in [5, 5.41) is 6.68. The van der Waals surface area contributed by atoms with E-state index >= 15 is 0 Å². The summed E-state index contributed by atoms with van der Waals surface area (Å²) in [7, 11) is -3.91. The number of sulfonamides is 1. The normalized spacial score (nSPS) is 11.5. The van der Waals surface area contributed by atoms with Gasteiger partial charge < -0.3 is 14.5 Å². The molecule has 228 valence electrons. The molecule has 0 spiro atoms. The highest BCUT2D eigenvalue weighted by Crippen LogP contribution is 2.23. The number of aryl methyl sites for hydroxylation is 1. The third-order valence-electron chi connectivity index (χ3n) is 6.16. The van der Waals surface area contributed by atoms with Gasteiger partial charge in [0, 0.05) is 17.3 Å². The molecule has 0 unspecified atom stereocenters. The van der Waals surface area contributed by atoms with Gasteiger partial charge in [-0.3, -0.25) is 9.59 Å². The first-order chi connectivity index (χ1) is 21.0. The Kier molecular flexibility index (Phi) is 10.7. The van der Waals surface area contributed by atoms with E-state index in [9.17, 15) is 22.8 Å². The van der Waals surface area contributed by atoms with Gasteiger partial charge in [0.15, 0.2) is 0 Å². The summed E-state index contributed by atoms with van der Waals surface area (Å²) in [5.41, 5.74) is 4.36. The largest absolute Gasteiger partial charge is 0.462 e. The molecule has 0 aliphatic heterocycles. The molecular weight excluding hydrogens is 608 g/mol. The average Bonchev–Trinajstić information content (AvgIpc) is 3.45. The molecule has 2 amide bonds. The molecule has 2 N–H and O–H groups in total. The zero-order chi connectivity index (χ0) is 31.7. The molecule has 0 aliphatic rings. The fourth-order valence-corrected chi connectivity index (χ4v) is 5.42. The number of carbonyl (C=O) groups is 3. The number of nitrogens with one attached hydrogen (secondary N) is 2. The summed E-state index contributed by atoms with van der Waals surface area (Å²) < 4.78 is 39.1. The van der Waals surface area contributed by atoms with Gasteiger partial charge in [-0.15, -0.1) is 0 Å². The van der Waals surface area contributed by atoms with E-state index < -0.39 is 27.8 Å². The Bertz CT molecular complexity index is 1750. The van der Waals surface area contributed by atoms with Crippen LogP contribution in [-0.4, -0.2) is 43.3 Å². The number of ether oxygens (including phenoxy) is 1. The van der Waals surface area contributed by atoms with Crippen LogP contribution in [0.25, 0.3) is 0 Å². The summed E-state index contributed by atoms with van der Waals surface area (Å²) in [4.78, 5) is 36.3. The van der Waals surface area contributed by atoms with Gasteiger partial charge in [0.2, 0.25) is 10.0 Å². The number of hydrogen-bond acceptors (Lipinski definition) is 8. The molecule has 0 radical (unpaired) electrons. The molecule has 4 rings (SSSR count). The van der Waals surface area contributed by atoms with Crippen LogP contribution in [0.3, 0.4) is 0 Å². The maximum absolute atomic E-state index is 13.6. The number of furan rings is 1. The van der Waals surface area contributed by atoms with Crippen molar-refractivity contribution in [2.24, 2.45) is 5.10 Å². The standard InChI is InChI=1S/C31H29ClN4O7S/c1-3-42-31(39)23-8-12-25(13-9-23)34-29(37)30(38)35-33-18-26-14-15-27(43-26)20-36(19-22-6-10-24(32)11-7-22)44(40,41)28-16-4-21(2)5-17-28/h4-18H,3,19-20H2,1-2H3,(H,34,37)(H,35,38)/b33-18+. The Labute approximate surface area is 259 Å². The lowest BCUT2D eigenvalue weighted by Gasteiger charge is -2.21. The molecule has 44 heavy (non-hydrogen) atoms. The van der Waals surface area contributed by atoms with Gasteiger partial charge in [-0.05, 0) is 80.1 Å². The minimum Gasteiger partial charge on any atom is -0.462 e. The van der Waals surface area contributed by atoms with Crippen molar-refractivity contribution in [3.63, 3.8) is 0 Å². The molecule has 4 aromatic rings. The van der Waals surface area contributed by atoms with Gasteiger partial charge >= 0.3 is 17.8 Å². The van der Waals surface area contributed by atoms with Crippen LogP contribution in [0.2, 0.25) is 5.02 Å². The van der Waals surface area contributed by atoms with Crippen molar-refractivity contribution in [3.05, 3.63) is 118 Å². The fraction of sp³-hybridized carbons (Fsp3) is 0.161. The third kappa shape index (κ3) is 8.63. The van der Waals surface area contributed by atoms with Crippen LogP contribution in [0, 0.1) is 6.92 Å². The molecule has 3 aromatic carbocycles. The number of anilines is 1. The zero-order valence-electron chi connectivity index (χ0n) is 23.8. The monoisotopic (exact) mass is 636 g/mol. The summed E-state index contributed by atoms with van der Waals surface area (Å²) in [5.74, 6) is -1.98. The van der Waals surface area contributed by atoms with Crippen LogP contribution >= 0.6 is 11.6 Å². The van der Waals surface area contributed by atoms with Gasteiger partial charge in [0.25, 0.3) is 0 Å². The first-order valence-electron chi connectivity index (χ1n) is 13.4. The molecule has 11 nitrogen and oxygen atoms in total. The minimum atomic E-state index is -3.91. The van der Waals surface area contributed by atoms with E-state index in [2.05, 4.69) is 15.8 Å². The van der Waals surface area contributed by atoms with Crippen molar-refractivity contribution in [2.45, 2.75) is 31.8 Å². The number of carbonyl (C=O) groups excluding carboxylic acids is 3. The van der Waals surface area contributed by atoms with Gasteiger partial charge in [0.1, 0.15) is 11.5 Å². The number of amides is 2. The van der Waals surface area contributed by atoms with Crippen molar-refractivity contribution in [2.75, 3.05) is 11.9 Å². The summed E-state index contributed by atoms with van der Waals surface area (Å²) in [6.07, 6.45) is 1.18. The number of rotatable bonds is 11. The summed E-state index contributed by atoms with van der Waals surface area (Å²) in [6, 6.07) is 22.4. The maximum Gasteiger partial charge on any atom is 0.338 e. The lowest BCUT2D eigenvalue weighted by molar-refractivity contribution is -0.136. The molecule has 0 aliphatic carbocycles. The second-order valence-corrected chi connectivity index (χ2v) is 11.8. The van der Waals surface area contributed by atoms with Crippen molar-refractivity contribution < 1.29 is 32.0 Å². The molecule has 1 heterocycles. The van der Waals surface area contributed by atoms with Gasteiger partial charge in [0.05, 0.1) is 29.8 Å². The number of hydrogen-bond donors (Lipinski definition) is 2. The van der Waals surface area contributed by atoms with Crippen LogP contribution in [-0.2, 0) is 37.4 Å². The van der Waals surface area contributed by atoms with Crippen LogP contribution in [0.4, 0.5) is 5.69 Å². The van der Waals surface area contributed by atoms with Gasteiger partial charge in [-0.25, -0.2) is 18.6 Å². The Balaban J connectivity index is 1.39. The lowest BCUT2D eigenvalue weighted by Crippen LogP contribution is -2.32. The van der Waals surface area contributed by atoms with E-state index in [-0.39, 0.29) is 30.4 Å². The number of nitrogens with zero attached hydrogens (tertiary/aromatic N) is 2. The van der Waals surface area contributed by atoms with E-state index in [0.717, 1.165) is 11.1 Å². The summed E-state index contributed by atoms with van der Waals surface area (Å²) in [6.45, 7) is 3.77. The lowest BCUT2D eigenvalue weighted by atomic mass is 10.2. The Morgan fingerprint density at radius 2 is 1.59 bits per heavy atom. The minimum absolute atomic E-state index is 0.0637. The second kappa shape index (κ2) is 14.6. The second-order valence-electron chi connectivity index (χ2n) is 9.47. The molecular formula is C31H29ClN4O7S. The van der Waals surface area contributed by atoms with E-state index in [1.807, 2.05) is 6.92 Å². The first kappa shape index (κ1) is 32.1. The predicted molar refractivity (Wildman–Crippen MR) is 165 cm³/mol. The van der Waals surface area contributed by atoms with E-state index in [1.165, 1.54) is 34.8 Å². The molecule has 0 atom stereocenters. The third-order valence-corrected chi connectivity index (χ3v) is 8.22. The quantitative estimate of drug-likeness (QED) is 0.103. The highest BCUT2D eigenvalue weighted by Gasteiger charge is 2.26. The van der Waals surface area contributed by atoms with Crippen molar-refractivity contribution >= 4 is 51.3 Å². The molecule has 13 heteroatoms. The van der Waals surface area contributed by atoms with Crippen LogP contribution < -0.4 is 10.7 Å². The molecule has 0 fully saturated rings. The summed E-state index contributed by atoms with van der Waals surface area (Å²) >= 11 is 6.00. The number of halogens is 1. The SMILES string of the molecule is CCOC(=O)c1ccc(NC(=O)C(=O)N/N=C/c2ccc(CN(Cc3ccc(Cl)cc3)S(=O)(=O)c3ccc(C)cc3)o2)cc1. The highest BCUT2D eigenvalue weighted by molar-refractivity contribution is 7.89. The molecule has 0 bridgehead atoms. The Hall–Kier alpha value is -4.78. The van der Waals surface area contributed by atoms with E-state index in [0.29, 0.717) is 22.0 Å².